The molecule has 6 nitrogen and oxygen atoms in total. The van der Waals surface area contributed by atoms with Gasteiger partial charge in [-0.15, -0.1) is 0 Å². The third-order valence-corrected chi connectivity index (χ3v) is 2.19. The zero-order valence-electron chi connectivity index (χ0n) is 8.32. The summed E-state index contributed by atoms with van der Waals surface area (Å²) in [5.74, 6) is -0.181. The van der Waals surface area contributed by atoms with E-state index in [1.54, 1.807) is 6.07 Å². The highest BCUT2D eigenvalue weighted by atomic mass is 16.5. The topological polar surface area (TPSA) is 94.3 Å². The summed E-state index contributed by atoms with van der Waals surface area (Å²) >= 11 is 0. The molecule has 0 unspecified atom stereocenters. The molecule has 1 aliphatic heterocycles. The highest BCUT2D eigenvalue weighted by Crippen LogP contribution is 2.22. The van der Waals surface area contributed by atoms with Gasteiger partial charge in [0.05, 0.1) is 0 Å². The van der Waals surface area contributed by atoms with E-state index in [0.29, 0.717) is 16.9 Å². The van der Waals surface area contributed by atoms with Crippen LogP contribution in [0.2, 0.25) is 0 Å². The second-order valence-corrected chi connectivity index (χ2v) is 3.28. The van der Waals surface area contributed by atoms with Crippen molar-refractivity contribution in [2.45, 2.75) is 6.61 Å². The number of aromatic nitrogens is 1. The third kappa shape index (κ3) is 1.72. The molecule has 0 saturated carbocycles. The van der Waals surface area contributed by atoms with Gasteiger partial charge < -0.3 is 10.5 Å². The molecule has 0 saturated heterocycles. The molecule has 0 atom stereocenters. The summed E-state index contributed by atoms with van der Waals surface area (Å²) in [5, 5.41) is 2.44. The van der Waals surface area contributed by atoms with Gasteiger partial charge in [-0.25, -0.2) is 9.78 Å². The van der Waals surface area contributed by atoms with Gasteiger partial charge in [-0.1, -0.05) is 6.58 Å². The molecule has 0 aromatic carbocycles. The molecule has 3 N–H and O–H groups in total. The number of pyridine rings is 1. The number of primary amides is 1. The lowest BCUT2D eigenvalue weighted by Crippen LogP contribution is -2.22. The minimum absolute atomic E-state index is 0.119. The monoisotopic (exact) mass is 219 g/mol. The molecule has 0 radical (unpaired) electrons. The lowest BCUT2D eigenvalue weighted by atomic mass is 10.1. The fourth-order valence-electron chi connectivity index (χ4n) is 1.32. The minimum Gasteiger partial charge on any atom is -0.444 e. The summed E-state index contributed by atoms with van der Waals surface area (Å²) in [6.07, 6.45) is 0.888. The van der Waals surface area contributed by atoms with Crippen LogP contribution >= 0.6 is 0 Å². The van der Waals surface area contributed by atoms with Crippen LogP contribution in [0.4, 0.5) is 10.6 Å². The van der Waals surface area contributed by atoms with E-state index in [1.165, 1.54) is 6.20 Å². The maximum atomic E-state index is 10.9. The van der Waals surface area contributed by atoms with Crippen LogP contribution in [0, 0.1) is 0 Å². The van der Waals surface area contributed by atoms with Crippen molar-refractivity contribution in [1.82, 2.24) is 4.98 Å². The number of ether oxygens (including phenoxy) is 1. The first-order valence-corrected chi connectivity index (χ1v) is 4.49. The van der Waals surface area contributed by atoms with Crippen LogP contribution in [-0.4, -0.2) is 17.0 Å². The number of nitrogens with one attached hydrogen (secondary N) is 1. The van der Waals surface area contributed by atoms with Gasteiger partial charge in [-0.05, 0) is 6.07 Å². The molecule has 16 heavy (non-hydrogen) atoms. The molecule has 0 aliphatic carbocycles. The summed E-state index contributed by atoms with van der Waals surface area (Å²) in [6.45, 7) is 3.66. The molecular formula is C10H9N3O3. The van der Waals surface area contributed by atoms with Crippen LogP contribution in [0.15, 0.2) is 18.8 Å². The van der Waals surface area contributed by atoms with E-state index in [9.17, 15) is 9.59 Å². The summed E-state index contributed by atoms with van der Waals surface area (Å²) < 4.78 is 4.76. The van der Waals surface area contributed by atoms with E-state index < -0.39 is 12.0 Å². The third-order valence-electron chi connectivity index (χ3n) is 2.19. The zero-order valence-corrected chi connectivity index (χ0v) is 8.32. The number of hydrogen-bond donors (Lipinski definition) is 2. The van der Waals surface area contributed by atoms with Crippen LogP contribution in [0.1, 0.15) is 11.1 Å². The smallest absolute Gasteiger partial charge is 0.413 e. The van der Waals surface area contributed by atoms with E-state index in [1.807, 2.05) is 0 Å². The van der Waals surface area contributed by atoms with Crippen LogP contribution in [-0.2, 0) is 16.1 Å². The van der Waals surface area contributed by atoms with Crippen molar-refractivity contribution in [1.29, 1.82) is 0 Å². The van der Waals surface area contributed by atoms with Gasteiger partial charge >= 0.3 is 6.09 Å². The van der Waals surface area contributed by atoms with Crippen LogP contribution in [0.3, 0.4) is 0 Å². The van der Waals surface area contributed by atoms with Gasteiger partial charge in [-0.2, -0.15) is 0 Å². The molecule has 1 aromatic rings. The quantitative estimate of drug-likeness (QED) is 0.713. The fourth-order valence-corrected chi connectivity index (χ4v) is 1.32. The normalized spacial score (nSPS) is 13.4. The van der Waals surface area contributed by atoms with Gasteiger partial charge in [0.2, 0.25) is 5.91 Å². The van der Waals surface area contributed by atoms with Crippen molar-refractivity contribution in [3.05, 3.63) is 30.0 Å². The van der Waals surface area contributed by atoms with Crippen LogP contribution in [0.5, 0.6) is 0 Å². The Morgan fingerprint density at radius 2 is 2.38 bits per heavy atom. The summed E-state index contributed by atoms with van der Waals surface area (Å²) in [6, 6.07) is 1.66. The highest BCUT2D eigenvalue weighted by Gasteiger charge is 2.18. The first kappa shape index (κ1) is 10.2. The number of nitrogens with two attached hydrogens (primary N) is 1. The van der Waals surface area contributed by atoms with Gasteiger partial charge in [-0.3, -0.25) is 10.1 Å². The average Bonchev–Trinajstić information content (AvgIpc) is 2.27. The van der Waals surface area contributed by atoms with Gasteiger partial charge in [0.25, 0.3) is 0 Å². The first-order chi connectivity index (χ1) is 7.58. The molecule has 0 spiro atoms. The predicted octanol–water partition coefficient (Wildman–Crippen LogP) is 0.642. The molecule has 2 amide bonds. The Morgan fingerprint density at radius 3 is 3.06 bits per heavy atom. The lowest BCUT2D eigenvalue weighted by molar-refractivity contribution is -0.112. The van der Waals surface area contributed by atoms with Gasteiger partial charge in [0.1, 0.15) is 12.4 Å². The summed E-state index contributed by atoms with van der Waals surface area (Å²) in [7, 11) is 0. The molecule has 1 aromatic heterocycles. The highest BCUT2D eigenvalue weighted by molar-refractivity contribution is 6.17. The second-order valence-electron chi connectivity index (χ2n) is 3.28. The van der Waals surface area contributed by atoms with Crippen molar-refractivity contribution in [3.8, 4) is 0 Å². The predicted molar refractivity (Wildman–Crippen MR) is 56.3 cm³/mol. The number of carbonyl (C=O) groups excluding carboxylic acids is 2. The SMILES string of the molecule is C=C(C(N)=O)c1cnc2c(c1)COC(=O)N2. The Labute approximate surface area is 91.1 Å². The Bertz CT molecular complexity index is 496. The molecule has 1 aliphatic rings. The molecule has 2 heterocycles. The Morgan fingerprint density at radius 1 is 1.62 bits per heavy atom. The van der Waals surface area contributed by atoms with Crippen LogP contribution in [0.25, 0.3) is 5.57 Å². The minimum atomic E-state index is -0.609. The van der Waals surface area contributed by atoms with Gasteiger partial charge in [0, 0.05) is 22.9 Å². The number of rotatable bonds is 2. The number of cyclic esters (lactones) is 1. The van der Waals surface area contributed by atoms with Crippen molar-refractivity contribution in [2.75, 3.05) is 5.32 Å². The summed E-state index contributed by atoms with van der Waals surface area (Å²) in [4.78, 5) is 25.8. The van der Waals surface area contributed by atoms with Crippen molar-refractivity contribution < 1.29 is 14.3 Å². The number of hydrogen-bond acceptors (Lipinski definition) is 4. The molecule has 6 heteroatoms. The van der Waals surface area contributed by atoms with E-state index in [0.717, 1.165) is 0 Å². The average molecular weight is 219 g/mol. The largest absolute Gasteiger partial charge is 0.444 e. The number of amides is 2. The number of anilines is 1. The molecule has 0 bridgehead atoms. The van der Waals surface area contributed by atoms with Crippen molar-refractivity contribution in [2.24, 2.45) is 5.73 Å². The molecular weight excluding hydrogens is 210 g/mol. The zero-order chi connectivity index (χ0) is 11.7. The Kier molecular flexibility index (Phi) is 2.32. The van der Waals surface area contributed by atoms with Crippen molar-refractivity contribution in [3.63, 3.8) is 0 Å². The first-order valence-electron chi connectivity index (χ1n) is 4.49. The number of fused-ring (bicyclic) bond motifs is 1. The fraction of sp³-hybridized carbons (Fsp3) is 0.100. The van der Waals surface area contributed by atoms with E-state index in [-0.39, 0.29) is 12.2 Å². The standard InChI is InChI=1S/C10H9N3O3/c1-5(8(11)14)6-2-7-4-16-10(15)13-9(7)12-3-6/h2-3H,1,4H2,(H2,11,14)(H,12,13,15). The molecule has 2 rings (SSSR count). The maximum absolute atomic E-state index is 10.9. The molecule has 82 valence electrons. The Balaban J connectivity index is 2.36. The van der Waals surface area contributed by atoms with Crippen molar-refractivity contribution >= 4 is 23.4 Å². The Hall–Kier alpha value is -2.37. The van der Waals surface area contributed by atoms with E-state index in [2.05, 4.69) is 16.9 Å². The number of carbonyl (C=O) groups is 2. The van der Waals surface area contributed by atoms with E-state index >= 15 is 0 Å². The van der Waals surface area contributed by atoms with E-state index in [4.69, 9.17) is 10.5 Å². The lowest BCUT2D eigenvalue weighted by Gasteiger charge is -2.16. The summed E-state index contributed by atoms with van der Waals surface area (Å²) in [5.41, 5.74) is 6.47. The number of nitrogens with zero attached hydrogens (tertiary/aromatic N) is 1. The van der Waals surface area contributed by atoms with Gasteiger partial charge in [0.15, 0.2) is 0 Å². The maximum Gasteiger partial charge on any atom is 0.413 e. The van der Waals surface area contributed by atoms with Crippen LogP contribution < -0.4 is 11.1 Å². The second kappa shape index (κ2) is 3.65. The molecule has 0 fully saturated rings.